The maximum Gasteiger partial charge on any atom is 0.124 e. The van der Waals surface area contributed by atoms with E-state index in [9.17, 15) is 0 Å². The first-order valence-corrected chi connectivity index (χ1v) is 9.16. The lowest BCUT2D eigenvalue weighted by Crippen LogP contribution is -1.95. The molecule has 2 N–H and O–H groups in total. The first-order valence-electron chi connectivity index (χ1n) is 7.12. The fourth-order valence-electron chi connectivity index (χ4n) is 2.37. The molecule has 112 valence electrons. The molecule has 0 bridgehead atoms. The van der Waals surface area contributed by atoms with E-state index in [-0.39, 0.29) is 0 Å². The van der Waals surface area contributed by atoms with Crippen LogP contribution in [0.5, 0.6) is 0 Å². The van der Waals surface area contributed by atoms with Gasteiger partial charge in [-0.3, -0.25) is 0 Å². The smallest absolute Gasteiger partial charge is 0.124 e. The summed E-state index contributed by atoms with van der Waals surface area (Å²) in [6.07, 6.45) is 2.09. The number of aromatic nitrogens is 1. The predicted octanol–water partition coefficient (Wildman–Crippen LogP) is 4.97. The maximum absolute atomic E-state index is 5.73. The van der Waals surface area contributed by atoms with Crippen LogP contribution in [0.25, 0.3) is 21.8 Å². The lowest BCUT2D eigenvalue weighted by atomic mass is 10.1. The van der Waals surface area contributed by atoms with Crippen LogP contribution in [-0.2, 0) is 6.54 Å². The van der Waals surface area contributed by atoms with E-state index in [1.165, 1.54) is 15.3 Å². The number of thioether (sulfide) groups is 1. The van der Waals surface area contributed by atoms with E-state index in [0.717, 1.165) is 21.8 Å². The topological polar surface area (TPSA) is 38.9 Å². The number of aryl methyl sites for hydroxylation is 1. The van der Waals surface area contributed by atoms with Gasteiger partial charge >= 0.3 is 0 Å². The molecule has 0 aliphatic heterocycles. The molecule has 0 atom stereocenters. The van der Waals surface area contributed by atoms with Crippen molar-refractivity contribution in [1.29, 1.82) is 0 Å². The van der Waals surface area contributed by atoms with Crippen molar-refractivity contribution in [1.82, 2.24) is 4.98 Å². The van der Waals surface area contributed by atoms with Gasteiger partial charge in [-0.25, -0.2) is 4.98 Å². The highest BCUT2D eigenvalue weighted by Gasteiger charge is 2.11. The average molecular weight is 326 g/mol. The molecule has 0 unspecified atom stereocenters. The van der Waals surface area contributed by atoms with Crippen molar-refractivity contribution < 1.29 is 0 Å². The van der Waals surface area contributed by atoms with E-state index in [1.807, 2.05) is 12.1 Å². The molecule has 3 aromatic rings. The SMILES string of the molecule is CSc1ccc(-c2nc(-c3cccc(CN)c3)sc2C)cc1. The summed E-state index contributed by atoms with van der Waals surface area (Å²) in [6.45, 7) is 2.69. The Labute approximate surface area is 139 Å². The second-order valence-corrected chi connectivity index (χ2v) is 7.14. The maximum atomic E-state index is 5.73. The highest BCUT2D eigenvalue weighted by atomic mass is 32.2. The van der Waals surface area contributed by atoms with Crippen LogP contribution < -0.4 is 5.73 Å². The summed E-state index contributed by atoms with van der Waals surface area (Å²) in [5.41, 5.74) is 10.3. The average Bonchev–Trinajstić information content (AvgIpc) is 2.97. The number of nitrogens with two attached hydrogens (primary N) is 1. The Kier molecular flexibility index (Phi) is 4.62. The van der Waals surface area contributed by atoms with Crippen LogP contribution in [0.1, 0.15) is 10.4 Å². The molecule has 0 amide bonds. The zero-order valence-corrected chi connectivity index (χ0v) is 14.3. The fourth-order valence-corrected chi connectivity index (χ4v) is 3.71. The Hall–Kier alpha value is -1.62. The first-order chi connectivity index (χ1) is 10.7. The zero-order valence-electron chi connectivity index (χ0n) is 12.7. The summed E-state index contributed by atoms with van der Waals surface area (Å²) >= 11 is 3.49. The molecule has 22 heavy (non-hydrogen) atoms. The zero-order chi connectivity index (χ0) is 15.5. The third-order valence-electron chi connectivity index (χ3n) is 3.57. The third-order valence-corrected chi connectivity index (χ3v) is 5.33. The Morgan fingerprint density at radius 1 is 1.09 bits per heavy atom. The normalized spacial score (nSPS) is 10.9. The van der Waals surface area contributed by atoms with Gasteiger partial charge in [-0.1, -0.05) is 30.3 Å². The molecular weight excluding hydrogens is 308 g/mol. The molecule has 0 saturated carbocycles. The number of benzene rings is 2. The Bertz CT molecular complexity index is 776. The van der Waals surface area contributed by atoms with Crippen LogP contribution in [0.3, 0.4) is 0 Å². The molecule has 3 rings (SSSR count). The molecule has 4 heteroatoms. The number of rotatable bonds is 4. The quantitative estimate of drug-likeness (QED) is 0.688. The van der Waals surface area contributed by atoms with Crippen LogP contribution in [0.15, 0.2) is 53.4 Å². The molecule has 0 aliphatic carbocycles. The lowest BCUT2D eigenvalue weighted by Gasteiger charge is -2.01. The molecule has 0 fully saturated rings. The lowest BCUT2D eigenvalue weighted by molar-refractivity contribution is 1.07. The molecule has 1 aromatic heterocycles. The van der Waals surface area contributed by atoms with Crippen LogP contribution >= 0.6 is 23.1 Å². The van der Waals surface area contributed by atoms with Crippen LogP contribution in [-0.4, -0.2) is 11.2 Å². The summed E-state index contributed by atoms with van der Waals surface area (Å²) in [5.74, 6) is 0. The van der Waals surface area contributed by atoms with Gasteiger partial charge in [-0.15, -0.1) is 23.1 Å². The molecule has 0 saturated heterocycles. The number of hydrogen-bond acceptors (Lipinski definition) is 4. The molecule has 2 aromatic carbocycles. The minimum Gasteiger partial charge on any atom is -0.326 e. The number of thiazole rings is 1. The second kappa shape index (κ2) is 6.65. The molecule has 2 nitrogen and oxygen atoms in total. The van der Waals surface area contributed by atoms with E-state index in [2.05, 4.69) is 49.6 Å². The van der Waals surface area contributed by atoms with E-state index in [1.54, 1.807) is 23.1 Å². The van der Waals surface area contributed by atoms with Gasteiger partial charge in [0, 0.05) is 27.4 Å². The van der Waals surface area contributed by atoms with Gasteiger partial charge < -0.3 is 5.73 Å². The van der Waals surface area contributed by atoms with Crippen LogP contribution in [0.4, 0.5) is 0 Å². The van der Waals surface area contributed by atoms with Gasteiger partial charge in [0.1, 0.15) is 5.01 Å². The monoisotopic (exact) mass is 326 g/mol. The van der Waals surface area contributed by atoms with Crippen LogP contribution in [0.2, 0.25) is 0 Å². The Morgan fingerprint density at radius 3 is 2.55 bits per heavy atom. The van der Waals surface area contributed by atoms with Crippen molar-refractivity contribution in [3.05, 3.63) is 59.0 Å². The van der Waals surface area contributed by atoms with Crippen molar-refractivity contribution in [3.8, 4) is 21.8 Å². The van der Waals surface area contributed by atoms with Gasteiger partial charge in [0.2, 0.25) is 0 Å². The number of hydrogen-bond donors (Lipinski definition) is 1. The molecular formula is C18H18N2S2. The predicted molar refractivity (Wildman–Crippen MR) is 97.4 cm³/mol. The highest BCUT2D eigenvalue weighted by molar-refractivity contribution is 7.98. The summed E-state index contributed by atoms with van der Waals surface area (Å²) in [7, 11) is 0. The van der Waals surface area contributed by atoms with Gasteiger partial charge in [-0.2, -0.15) is 0 Å². The van der Waals surface area contributed by atoms with Crippen molar-refractivity contribution in [3.63, 3.8) is 0 Å². The first kappa shape index (κ1) is 15.3. The van der Waals surface area contributed by atoms with Gasteiger partial charge in [0.05, 0.1) is 5.69 Å². The Morgan fingerprint density at radius 2 is 1.86 bits per heavy atom. The second-order valence-electron chi connectivity index (χ2n) is 5.06. The van der Waals surface area contributed by atoms with E-state index < -0.39 is 0 Å². The van der Waals surface area contributed by atoms with E-state index in [0.29, 0.717) is 6.54 Å². The highest BCUT2D eigenvalue weighted by Crippen LogP contribution is 2.34. The van der Waals surface area contributed by atoms with Crippen LogP contribution in [0, 0.1) is 6.92 Å². The van der Waals surface area contributed by atoms with Gasteiger partial charge in [0.15, 0.2) is 0 Å². The Balaban J connectivity index is 1.99. The van der Waals surface area contributed by atoms with Crippen molar-refractivity contribution >= 4 is 23.1 Å². The molecule has 0 radical (unpaired) electrons. The number of nitrogens with zero attached hydrogens (tertiary/aromatic N) is 1. The fraction of sp³-hybridized carbons (Fsp3) is 0.167. The summed E-state index contributed by atoms with van der Waals surface area (Å²) < 4.78 is 0. The summed E-state index contributed by atoms with van der Waals surface area (Å²) in [4.78, 5) is 7.36. The standard InChI is InChI=1S/C18H18N2S2/c1-12-17(14-6-8-16(21-2)9-7-14)20-18(22-12)15-5-3-4-13(10-15)11-19/h3-10H,11,19H2,1-2H3. The van der Waals surface area contributed by atoms with Crippen molar-refractivity contribution in [2.45, 2.75) is 18.4 Å². The minimum absolute atomic E-state index is 0.557. The van der Waals surface area contributed by atoms with E-state index >= 15 is 0 Å². The van der Waals surface area contributed by atoms with E-state index in [4.69, 9.17) is 10.7 Å². The molecule has 1 heterocycles. The van der Waals surface area contributed by atoms with Gasteiger partial charge in [-0.05, 0) is 36.9 Å². The molecule has 0 aliphatic rings. The summed E-state index contributed by atoms with van der Waals surface area (Å²) in [6, 6.07) is 16.9. The molecule has 0 spiro atoms. The van der Waals surface area contributed by atoms with Crippen molar-refractivity contribution in [2.75, 3.05) is 6.26 Å². The largest absolute Gasteiger partial charge is 0.326 e. The summed E-state index contributed by atoms with van der Waals surface area (Å²) in [5, 5.41) is 1.05. The third kappa shape index (κ3) is 3.09. The van der Waals surface area contributed by atoms with Crippen molar-refractivity contribution in [2.24, 2.45) is 5.73 Å². The van der Waals surface area contributed by atoms with Gasteiger partial charge in [0.25, 0.3) is 0 Å². The minimum atomic E-state index is 0.557.